The Morgan fingerprint density at radius 1 is 1.50 bits per heavy atom. The van der Waals surface area contributed by atoms with E-state index in [1.807, 2.05) is 0 Å². The van der Waals surface area contributed by atoms with Gasteiger partial charge in [0.05, 0.1) is 16.3 Å². The molecule has 0 fully saturated rings. The molecule has 0 aliphatic rings. The van der Waals surface area contributed by atoms with Crippen LogP contribution in [0.2, 0.25) is 5.02 Å². The predicted molar refractivity (Wildman–Crippen MR) is 69.7 cm³/mol. The number of anilines is 1. The molecule has 5 nitrogen and oxygen atoms in total. The lowest BCUT2D eigenvalue weighted by Gasteiger charge is -2.07. The van der Waals surface area contributed by atoms with E-state index in [1.165, 1.54) is 12.3 Å². The molecule has 7 heteroatoms. The zero-order valence-corrected chi connectivity index (χ0v) is 11.0. The number of nitrogens with zero attached hydrogens (tertiary/aromatic N) is 1. The van der Waals surface area contributed by atoms with Crippen molar-refractivity contribution in [1.29, 1.82) is 0 Å². The Morgan fingerprint density at radius 3 is 2.78 bits per heavy atom. The lowest BCUT2D eigenvalue weighted by Crippen LogP contribution is -2.13. The summed E-state index contributed by atoms with van der Waals surface area (Å²) in [7, 11) is 0. The molecular weight excluding hydrogens is 274 g/mol. The SMILES string of the molecule is Cc1coc(Sc2c(Cl)cc(N)cc2C(N)=O)n1. The second kappa shape index (κ2) is 4.91. The summed E-state index contributed by atoms with van der Waals surface area (Å²) in [6.45, 7) is 1.80. The lowest BCUT2D eigenvalue weighted by atomic mass is 10.2. The van der Waals surface area contributed by atoms with Crippen molar-refractivity contribution in [2.24, 2.45) is 5.73 Å². The Labute approximate surface area is 113 Å². The fraction of sp³-hybridized carbons (Fsp3) is 0.0909. The van der Waals surface area contributed by atoms with Crippen molar-refractivity contribution in [2.75, 3.05) is 5.73 Å². The van der Waals surface area contributed by atoms with Gasteiger partial charge < -0.3 is 15.9 Å². The summed E-state index contributed by atoms with van der Waals surface area (Å²) in [5, 5.41) is 0.728. The first-order valence-corrected chi connectivity index (χ1v) is 6.15. The van der Waals surface area contributed by atoms with Crippen molar-refractivity contribution < 1.29 is 9.21 Å². The molecule has 1 aromatic heterocycles. The van der Waals surface area contributed by atoms with Crippen LogP contribution in [0.5, 0.6) is 0 Å². The standard InChI is InChI=1S/C11H10ClN3O2S/c1-5-4-17-11(15-5)18-9-7(10(14)16)2-6(13)3-8(9)12/h2-4H,13H2,1H3,(H2,14,16). The maximum Gasteiger partial charge on any atom is 0.260 e. The number of benzene rings is 1. The van der Waals surface area contributed by atoms with E-state index < -0.39 is 5.91 Å². The summed E-state index contributed by atoms with van der Waals surface area (Å²) < 4.78 is 5.20. The third kappa shape index (κ3) is 2.60. The Kier molecular flexibility index (Phi) is 3.49. The molecule has 4 N–H and O–H groups in total. The Morgan fingerprint density at radius 2 is 2.22 bits per heavy atom. The highest BCUT2D eigenvalue weighted by molar-refractivity contribution is 7.99. The highest BCUT2D eigenvalue weighted by atomic mass is 35.5. The van der Waals surface area contributed by atoms with Gasteiger partial charge in [-0.05, 0) is 30.8 Å². The van der Waals surface area contributed by atoms with E-state index in [9.17, 15) is 4.79 Å². The summed E-state index contributed by atoms with van der Waals surface area (Å²) in [5.74, 6) is -0.602. The van der Waals surface area contributed by atoms with Crippen LogP contribution in [-0.2, 0) is 0 Å². The van der Waals surface area contributed by atoms with Crippen LogP contribution in [0.25, 0.3) is 0 Å². The third-order valence-corrected chi connectivity index (χ3v) is 3.53. The largest absolute Gasteiger partial charge is 0.439 e. The van der Waals surface area contributed by atoms with Crippen molar-refractivity contribution in [3.63, 3.8) is 0 Å². The summed E-state index contributed by atoms with van der Waals surface area (Å²) >= 11 is 7.19. The quantitative estimate of drug-likeness (QED) is 0.844. The first-order valence-electron chi connectivity index (χ1n) is 4.96. The average Bonchev–Trinajstić information content (AvgIpc) is 2.67. The number of amides is 1. The Balaban J connectivity index is 2.46. The first kappa shape index (κ1) is 12.8. The van der Waals surface area contributed by atoms with Gasteiger partial charge in [0.2, 0.25) is 5.91 Å². The molecule has 0 radical (unpaired) electrons. The molecule has 2 aromatic rings. The number of aromatic nitrogens is 1. The summed E-state index contributed by atoms with van der Waals surface area (Å²) in [6.07, 6.45) is 1.51. The van der Waals surface area contributed by atoms with Gasteiger partial charge in [-0.3, -0.25) is 4.79 Å². The van der Waals surface area contributed by atoms with Gasteiger partial charge in [0, 0.05) is 10.6 Å². The molecule has 2 rings (SSSR count). The minimum atomic E-state index is -0.602. The summed E-state index contributed by atoms with van der Waals surface area (Å²) in [4.78, 5) is 16.0. The van der Waals surface area contributed by atoms with E-state index in [0.29, 0.717) is 20.8 Å². The van der Waals surface area contributed by atoms with Crippen LogP contribution in [0.3, 0.4) is 0 Å². The van der Waals surface area contributed by atoms with Gasteiger partial charge in [0.25, 0.3) is 5.22 Å². The van der Waals surface area contributed by atoms with Crippen LogP contribution < -0.4 is 11.5 Å². The number of nitrogen functional groups attached to an aromatic ring is 1. The minimum absolute atomic E-state index is 0.251. The van der Waals surface area contributed by atoms with E-state index in [-0.39, 0.29) is 5.56 Å². The Bertz CT molecular complexity index is 612. The van der Waals surface area contributed by atoms with Gasteiger partial charge in [-0.2, -0.15) is 0 Å². The van der Waals surface area contributed by atoms with E-state index in [1.54, 1.807) is 13.0 Å². The van der Waals surface area contributed by atoms with Gasteiger partial charge in [0.1, 0.15) is 6.26 Å². The maximum atomic E-state index is 11.4. The number of rotatable bonds is 3. The van der Waals surface area contributed by atoms with Crippen molar-refractivity contribution in [3.05, 3.63) is 34.7 Å². The van der Waals surface area contributed by atoms with Crippen molar-refractivity contribution in [2.45, 2.75) is 17.0 Å². The number of nitrogens with two attached hydrogens (primary N) is 2. The zero-order valence-electron chi connectivity index (χ0n) is 9.44. The van der Waals surface area contributed by atoms with E-state index in [0.717, 1.165) is 17.5 Å². The number of oxazole rings is 1. The third-order valence-electron chi connectivity index (χ3n) is 2.12. The number of hydrogen-bond donors (Lipinski definition) is 2. The summed E-state index contributed by atoms with van der Waals surface area (Å²) in [6, 6.07) is 3.03. The summed E-state index contributed by atoms with van der Waals surface area (Å²) in [5.41, 5.74) is 12.3. The fourth-order valence-corrected chi connectivity index (χ4v) is 2.60. The number of carbonyl (C=O) groups excluding carboxylic acids is 1. The van der Waals surface area contributed by atoms with Crippen LogP contribution in [0, 0.1) is 6.92 Å². The smallest absolute Gasteiger partial charge is 0.260 e. The van der Waals surface area contributed by atoms with Crippen molar-refractivity contribution in [1.82, 2.24) is 4.98 Å². The number of halogens is 1. The number of primary amides is 1. The molecule has 94 valence electrons. The van der Waals surface area contributed by atoms with Crippen LogP contribution in [0.4, 0.5) is 5.69 Å². The second-order valence-corrected chi connectivity index (χ2v) is 4.97. The van der Waals surface area contributed by atoms with Crippen molar-refractivity contribution in [3.8, 4) is 0 Å². The van der Waals surface area contributed by atoms with Gasteiger partial charge in [-0.1, -0.05) is 11.6 Å². The predicted octanol–water partition coefficient (Wildman–Crippen LogP) is 2.47. The first-order chi connectivity index (χ1) is 8.47. The number of hydrogen-bond acceptors (Lipinski definition) is 5. The normalized spacial score (nSPS) is 10.6. The van der Waals surface area contributed by atoms with Gasteiger partial charge in [-0.15, -0.1) is 0 Å². The van der Waals surface area contributed by atoms with Crippen LogP contribution in [0.15, 0.2) is 32.9 Å². The zero-order chi connectivity index (χ0) is 13.3. The monoisotopic (exact) mass is 283 g/mol. The van der Waals surface area contributed by atoms with Gasteiger partial charge >= 0.3 is 0 Å². The van der Waals surface area contributed by atoms with Crippen LogP contribution >= 0.6 is 23.4 Å². The Hall–Kier alpha value is -1.66. The van der Waals surface area contributed by atoms with Crippen LogP contribution in [-0.4, -0.2) is 10.9 Å². The molecular formula is C11H10ClN3O2S. The molecule has 1 aromatic carbocycles. The van der Waals surface area contributed by atoms with Crippen molar-refractivity contribution >= 4 is 35.0 Å². The molecule has 1 heterocycles. The number of aryl methyl sites for hydroxylation is 1. The molecule has 0 atom stereocenters. The van der Waals surface area contributed by atoms with E-state index in [2.05, 4.69) is 4.98 Å². The van der Waals surface area contributed by atoms with Gasteiger partial charge in [-0.25, -0.2) is 4.98 Å². The highest BCUT2D eigenvalue weighted by Crippen LogP contribution is 2.36. The molecule has 0 spiro atoms. The molecule has 18 heavy (non-hydrogen) atoms. The second-order valence-electron chi connectivity index (χ2n) is 3.60. The molecule has 0 bridgehead atoms. The number of carbonyl (C=O) groups is 1. The van der Waals surface area contributed by atoms with E-state index >= 15 is 0 Å². The molecule has 0 aliphatic heterocycles. The molecule has 0 aliphatic carbocycles. The molecule has 1 amide bonds. The topological polar surface area (TPSA) is 95.1 Å². The average molecular weight is 284 g/mol. The maximum absolute atomic E-state index is 11.4. The molecule has 0 saturated heterocycles. The minimum Gasteiger partial charge on any atom is -0.439 e. The lowest BCUT2D eigenvalue weighted by molar-refractivity contribution is 0.0997. The molecule has 0 unspecified atom stereocenters. The fourth-order valence-electron chi connectivity index (χ4n) is 1.37. The van der Waals surface area contributed by atoms with Crippen LogP contribution in [0.1, 0.15) is 16.1 Å². The molecule has 0 saturated carbocycles. The van der Waals surface area contributed by atoms with Gasteiger partial charge in [0.15, 0.2) is 0 Å². The highest BCUT2D eigenvalue weighted by Gasteiger charge is 2.16. The van der Waals surface area contributed by atoms with E-state index in [4.69, 9.17) is 27.5 Å².